The second-order valence-electron chi connectivity index (χ2n) is 6.21. The number of nitrogens with zero attached hydrogens (tertiary/aromatic N) is 2. The number of hydrogen-bond acceptors (Lipinski definition) is 3. The summed E-state index contributed by atoms with van der Waals surface area (Å²) in [6.45, 7) is 9.20. The maximum absolute atomic E-state index is 12.1. The van der Waals surface area contributed by atoms with Crippen molar-refractivity contribution in [2.75, 3.05) is 26.2 Å². The maximum atomic E-state index is 12.1. The second-order valence-corrected chi connectivity index (χ2v) is 6.99. The highest BCUT2D eigenvalue weighted by molar-refractivity contribution is 7.07. The fourth-order valence-corrected chi connectivity index (χ4v) is 3.39. The average molecular weight is 337 g/mol. The third-order valence-corrected chi connectivity index (χ3v) is 4.66. The molecule has 1 aromatic rings. The van der Waals surface area contributed by atoms with E-state index in [1.807, 2.05) is 18.7 Å². The minimum atomic E-state index is 0.0706. The molecule has 2 heterocycles. The summed E-state index contributed by atoms with van der Waals surface area (Å²) in [6.07, 6.45) is 1.94. The van der Waals surface area contributed by atoms with Gasteiger partial charge >= 0.3 is 0 Å². The lowest BCUT2D eigenvalue weighted by molar-refractivity contribution is -0.133. The molecule has 5 nitrogen and oxygen atoms in total. The van der Waals surface area contributed by atoms with Gasteiger partial charge in [0.15, 0.2) is 5.96 Å². The predicted octanol–water partition coefficient (Wildman–Crippen LogP) is 2.10. The Morgan fingerprint density at radius 3 is 3.00 bits per heavy atom. The van der Waals surface area contributed by atoms with Crippen LogP contribution in [0.1, 0.15) is 32.8 Å². The lowest BCUT2D eigenvalue weighted by Crippen LogP contribution is -2.45. The van der Waals surface area contributed by atoms with Crippen molar-refractivity contribution < 1.29 is 4.79 Å². The molecule has 0 spiro atoms. The summed E-state index contributed by atoms with van der Waals surface area (Å²) in [6, 6.07) is 2.43. The van der Waals surface area contributed by atoms with Crippen LogP contribution in [0.3, 0.4) is 0 Å². The number of likely N-dealkylation sites (tertiary alicyclic amines) is 1. The molecule has 1 fully saturated rings. The average Bonchev–Trinajstić information content (AvgIpc) is 3.18. The zero-order valence-corrected chi connectivity index (χ0v) is 15.2. The van der Waals surface area contributed by atoms with Gasteiger partial charge in [-0.05, 0) is 42.2 Å². The molecular weight excluding hydrogens is 308 g/mol. The van der Waals surface area contributed by atoms with Crippen LogP contribution in [0.4, 0.5) is 0 Å². The maximum Gasteiger partial charge on any atom is 0.225 e. The highest BCUT2D eigenvalue weighted by Crippen LogP contribution is 2.12. The standard InChI is InChI=1S/C17H28N4OS/c1-4-18-17(19-8-5-14-7-10-23-12-14)20-15-6-9-21(11-15)16(22)13(2)3/h7,10,12-13,15H,4-6,8-9,11H2,1-3H3,(H2,18,19,20). The van der Waals surface area contributed by atoms with Gasteiger partial charge in [-0.2, -0.15) is 11.3 Å². The van der Waals surface area contributed by atoms with Gasteiger partial charge in [0.1, 0.15) is 0 Å². The van der Waals surface area contributed by atoms with Crippen LogP contribution in [0, 0.1) is 5.92 Å². The first kappa shape index (κ1) is 17.8. The number of hydrogen-bond donors (Lipinski definition) is 2. The fourth-order valence-electron chi connectivity index (χ4n) is 2.69. The highest BCUT2D eigenvalue weighted by atomic mass is 32.1. The van der Waals surface area contributed by atoms with E-state index >= 15 is 0 Å². The Hall–Kier alpha value is -1.56. The first-order valence-corrected chi connectivity index (χ1v) is 9.39. The predicted molar refractivity (Wildman–Crippen MR) is 97.0 cm³/mol. The summed E-state index contributed by atoms with van der Waals surface area (Å²) >= 11 is 1.72. The van der Waals surface area contributed by atoms with Gasteiger partial charge in [-0.25, -0.2) is 0 Å². The topological polar surface area (TPSA) is 56.7 Å². The Morgan fingerprint density at radius 2 is 2.35 bits per heavy atom. The molecule has 1 aliphatic rings. The van der Waals surface area contributed by atoms with Crippen LogP contribution in [0.5, 0.6) is 0 Å². The van der Waals surface area contributed by atoms with E-state index < -0.39 is 0 Å². The molecule has 1 aromatic heterocycles. The van der Waals surface area contributed by atoms with Crippen LogP contribution in [0.15, 0.2) is 21.8 Å². The van der Waals surface area contributed by atoms with Crippen LogP contribution in [0.2, 0.25) is 0 Å². The highest BCUT2D eigenvalue weighted by Gasteiger charge is 2.27. The monoisotopic (exact) mass is 336 g/mol. The molecule has 0 aliphatic carbocycles. The lowest BCUT2D eigenvalue weighted by Gasteiger charge is -2.20. The second kappa shape index (κ2) is 8.91. The van der Waals surface area contributed by atoms with E-state index in [1.165, 1.54) is 5.56 Å². The summed E-state index contributed by atoms with van der Waals surface area (Å²) in [5.74, 6) is 1.17. The third-order valence-electron chi connectivity index (χ3n) is 3.93. The van der Waals surface area contributed by atoms with E-state index in [9.17, 15) is 4.79 Å². The van der Waals surface area contributed by atoms with Gasteiger partial charge in [0.2, 0.25) is 5.91 Å². The first-order chi connectivity index (χ1) is 11.1. The first-order valence-electron chi connectivity index (χ1n) is 8.44. The van der Waals surface area contributed by atoms with Gasteiger partial charge in [0.05, 0.1) is 0 Å². The van der Waals surface area contributed by atoms with Crippen molar-refractivity contribution in [2.24, 2.45) is 10.9 Å². The van der Waals surface area contributed by atoms with Crippen LogP contribution < -0.4 is 10.6 Å². The smallest absolute Gasteiger partial charge is 0.225 e. The number of rotatable bonds is 6. The molecule has 1 saturated heterocycles. The Labute approximate surface area is 143 Å². The van der Waals surface area contributed by atoms with E-state index in [-0.39, 0.29) is 17.9 Å². The van der Waals surface area contributed by atoms with Crippen molar-refractivity contribution in [3.63, 3.8) is 0 Å². The SMILES string of the molecule is CCNC(=NCCc1ccsc1)NC1CCN(C(=O)C(C)C)C1. The molecule has 1 amide bonds. The van der Waals surface area contributed by atoms with E-state index in [4.69, 9.17) is 0 Å². The van der Waals surface area contributed by atoms with Gasteiger partial charge in [0.25, 0.3) is 0 Å². The molecule has 1 aliphatic heterocycles. The summed E-state index contributed by atoms with van der Waals surface area (Å²) in [5, 5.41) is 11.0. The number of nitrogens with one attached hydrogen (secondary N) is 2. The minimum absolute atomic E-state index is 0.0706. The number of carbonyl (C=O) groups excluding carboxylic acids is 1. The Kier molecular flexibility index (Phi) is 6.89. The van der Waals surface area contributed by atoms with Gasteiger partial charge in [-0.15, -0.1) is 0 Å². The minimum Gasteiger partial charge on any atom is -0.357 e. The third kappa shape index (κ3) is 5.53. The summed E-state index contributed by atoms with van der Waals surface area (Å²) in [4.78, 5) is 18.7. The molecule has 0 saturated carbocycles. The Bertz CT molecular complexity index is 513. The largest absolute Gasteiger partial charge is 0.357 e. The van der Waals surface area contributed by atoms with Crippen molar-refractivity contribution >= 4 is 23.2 Å². The Morgan fingerprint density at radius 1 is 1.52 bits per heavy atom. The summed E-state index contributed by atoms with van der Waals surface area (Å²) < 4.78 is 0. The number of thiophene rings is 1. The van der Waals surface area contributed by atoms with Crippen molar-refractivity contribution in [1.82, 2.24) is 15.5 Å². The van der Waals surface area contributed by atoms with Gasteiger partial charge in [0, 0.05) is 38.1 Å². The van der Waals surface area contributed by atoms with Crippen LogP contribution in [0.25, 0.3) is 0 Å². The van der Waals surface area contributed by atoms with Crippen molar-refractivity contribution in [3.8, 4) is 0 Å². The molecule has 0 bridgehead atoms. The normalized spacial score (nSPS) is 18.5. The molecule has 1 atom stereocenters. The number of guanidine groups is 1. The van der Waals surface area contributed by atoms with E-state index in [0.717, 1.165) is 45.0 Å². The van der Waals surface area contributed by atoms with E-state index in [1.54, 1.807) is 11.3 Å². The van der Waals surface area contributed by atoms with Gasteiger partial charge in [-0.1, -0.05) is 13.8 Å². The quantitative estimate of drug-likeness (QED) is 0.618. The molecule has 1 unspecified atom stereocenters. The number of aliphatic imine (C=N–C) groups is 1. The summed E-state index contributed by atoms with van der Waals surface area (Å²) in [5.41, 5.74) is 1.34. The van der Waals surface area contributed by atoms with Crippen LogP contribution in [-0.4, -0.2) is 49.0 Å². The van der Waals surface area contributed by atoms with E-state index in [0.29, 0.717) is 0 Å². The zero-order chi connectivity index (χ0) is 16.7. The van der Waals surface area contributed by atoms with Gasteiger partial charge < -0.3 is 15.5 Å². The van der Waals surface area contributed by atoms with Crippen molar-refractivity contribution in [3.05, 3.63) is 22.4 Å². The van der Waals surface area contributed by atoms with Crippen molar-refractivity contribution in [1.29, 1.82) is 0 Å². The summed E-state index contributed by atoms with van der Waals surface area (Å²) in [7, 11) is 0. The van der Waals surface area contributed by atoms with Gasteiger partial charge in [-0.3, -0.25) is 9.79 Å². The molecule has 6 heteroatoms. The fraction of sp³-hybridized carbons (Fsp3) is 0.647. The molecule has 128 valence electrons. The van der Waals surface area contributed by atoms with Crippen molar-refractivity contribution in [2.45, 2.75) is 39.7 Å². The number of amides is 1. The number of carbonyl (C=O) groups is 1. The van der Waals surface area contributed by atoms with E-state index in [2.05, 4.69) is 39.4 Å². The molecule has 2 rings (SSSR count). The van der Waals surface area contributed by atoms with Crippen LogP contribution in [-0.2, 0) is 11.2 Å². The lowest BCUT2D eigenvalue weighted by atomic mass is 10.2. The molecule has 0 radical (unpaired) electrons. The Balaban J connectivity index is 1.83. The molecule has 2 N–H and O–H groups in total. The van der Waals surface area contributed by atoms with Crippen LogP contribution >= 0.6 is 11.3 Å². The zero-order valence-electron chi connectivity index (χ0n) is 14.3. The molecular formula is C17H28N4OS. The molecule has 23 heavy (non-hydrogen) atoms. The molecule has 0 aromatic carbocycles.